The van der Waals surface area contributed by atoms with Crippen molar-refractivity contribution in [1.29, 1.82) is 0 Å². The lowest BCUT2D eigenvalue weighted by molar-refractivity contribution is 0.0948. The first-order valence-corrected chi connectivity index (χ1v) is 10.6. The number of H-pyrrole nitrogens is 1. The molecule has 0 saturated carbocycles. The minimum atomic E-state index is -0.208. The maximum Gasteiger partial charge on any atom is 0.262 e. The summed E-state index contributed by atoms with van der Waals surface area (Å²) in [6, 6.07) is 10.6. The van der Waals surface area contributed by atoms with Crippen LogP contribution in [0.2, 0.25) is 0 Å². The number of amides is 1. The van der Waals surface area contributed by atoms with E-state index in [4.69, 9.17) is 26.4 Å². The third kappa shape index (κ3) is 5.35. The SMILES string of the molecule is COCCCNC(=O)c1ccc2c(=O)n(CCc3ccc(OC)c(OC)c3)c(=S)[nH]c2c1. The molecule has 9 heteroatoms. The molecule has 170 valence electrons. The summed E-state index contributed by atoms with van der Waals surface area (Å²) in [4.78, 5) is 28.5. The molecule has 0 aliphatic carbocycles. The number of aromatic amines is 1. The second-order valence-corrected chi connectivity index (χ2v) is 7.58. The van der Waals surface area contributed by atoms with Crippen LogP contribution < -0.4 is 20.3 Å². The van der Waals surface area contributed by atoms with Crippen LogP contribution in [-0.2, 0) is 17.7 Å². The van der Waals surface area contributed by atoms with Crippen LogP contribution in [0.5, 0.6) is 11.5 Å². The van der Waals surface area contributed by atoms with Gasteiger partial charge >= 0.3 is 0 Å². The van der Waals surface area contributed by atoms with Gasteiger partial charge in [0, 0.05) is 32.4 Å². The number of methoxy groups -OCH3 is 3. The quantitative estimate of drug-likeness (QED) is 0.359. The van der Waals surface area contributed by atoms with Crippen LogP contribution in [-0.4, -0.2) is 49.9 Å². The number of fused-ring (bicyclic) bond motifs is 1. The second kappa shape index (κ2) is 10.9. The van der Waals surface area contributed by atoms with E-state index in [-0.39, 0.29) is 11.5 Å². The number of benzene rings is 2. The number of aromatic nitrogens is 2. The Morgan fingerprint density at radius 2 is 1.88 bits per heavy atom. The summed E-state index contributed by atoms with van der Waals surface area (Å²) in [5.41, 5.74) is 1.79. The third-order valence-electron chi connectivity index (χ3n) is 5.13. The first kappa shape index (κ1) is 23.5. The fourth-order valence-corrected chi connectivity index (χ4v) is 3.68. The fourth-order valence-electron chi connectivity index (χ4n) is 3.40. The highest BCUT2D eigenvalue weighted by molar-refractivity contribution is 7.71. The lowest BCUT2D eigenvalue weighted by Crippen LogP contribution is -2.26. The molecule has 0 radical (unpaired) electrons. The van der Waals surface area contributed by atoms with Crippen molar-refractivity contribution in [2.75, 3.05) is 34.5 Å². The van der Waals surface area contributed by atoms with Crippen LogP contribution >= 0.6 is 12.2 Å². The van der Waals surface area contributed by atoms with Crippen LogP contribution in [0.15, 0.2) is 41.2 Å². The molecule has 8 nitrogen and oxygen atoms in total. The van der Waals surface area contributed by atoms with E-state index in [1.54, 1.807) is 39.5 Å². The Morgan fingerprint density at radius 1 is 1.09 bits per heavy atom. The number of nitrogens with one attached hydrogen (secondary N) is 2. The Morgan fingerprint density at radius 3 is 2.59 bits per heavy atom. The van der Waals surface area contributed by atoms with Gasteiger partial charge < -0.3 is 24.5 Å². The van der Waals surface area contributed by atoms with Gasteiger partial charge in [-0.15, -0.1) is 0 Å². The molecule has 0 unspecified atom stereocenters. The lowest BCUT2D eigenvalue weighted by atomic mass is 10.1. The van der Waals surface area contributed by atoms with Gasteiger partial charge in [-0.3, -0.25) is 14.2 Å². The zero-order valence-corrected chi connectivity index (χ0v) is 19.2. The van der Waals surface area contributed by atoms with E-state index in [9.17, 15) is 9.59 Å². The number of hydrogen-bond acceptors (Lipinski definition) is 6. The van der Waals surface area contributed by atoms with Crippen LogP contribution in [0.25, 0.3) is 10.9 Å². The first-order valence-electron chi connectivity index (χ1n) is 10.2. The maximum absolute atomic E-state index is 13.0. The third-order valence-corrected chi connectivity index (χ3v) is 5.45. The van der Waals surface area contributed by atoms with Crippen LogP contribution in [0.1, 0.15) is 22.3 Å². The standard InChI is InChI=1S/C23H27N3O5S/c1-29-12-4-10-24-21(27)16-6-7-17-18(14-16)25-23(32)26(22(17)28)11-9-15-5-8-19(30-2)20(13-15)31-3/h5-8,13-14H,4,9-12H2,1-3H3,(H,24,27)(H,25,32). The van der Waals surface area contributed by atoms with Crippen molar-refractivity contribution in [2.24, 2.45) is 0 Å². The Hall–Kier alpha value is -3.17. The predicted octanol–water partition coefficient (Wildman–Crippen LogP) is 3.09. The van der Waals surface area contributed by atoms with E-state index in [1.165, 1.54) is 4.57 Å². The van der Waals surface area contributed by atoms with Crippen molar-refractivity contribution < 1.29 is 19.0 Å². The number of nitrogens with zero attached hydrogens (tertiary/aromatic N) is 1. The number of hydrogen-bond donors (Lipinski definition) is 2. The van der Waals surface area contributed by atoms with Gasteiger partial charge in [0.25, 0.3) is 11.5 Å². The van der Waals surface area contributed by atoms with Crippen molar-refractivity contribution in [3.05, 3.63) is 62.6 Å². The van der Waals surface area contributed by atoms with Gasteiger partial charge in [-0.25, -0.2) is 0 Å². The van der Waals surface area contributed by atoms with E-state index < -0.39 is 0 Å². The highest BCUT2D eigenvalue weighted by Crippen LogP contribution is 2.27. The van der Waals surface area contributed by atoms with Gasteiger partial charge in [0.15, 0.2) is 16.3 Å². The smallest absolute Gasteiger partial charge is 0.262 e. The van der Waals surface area contributed by atoms with E-state index in [0.717, 1.165) is 12.0 Å². The molecule has 3 rings (SSSR count). The Labute approximate surface area is 191 Å². The van der Waals surface area contributed by atoms with Crippen LogP contribution in [0.4, 0.5) is 0 Å². The van der Waals surface area contributed by atoms with Gasteiger partial charge in [-0.2, -0.15) is 0 Å². The van der Waals surface area contributed by atoms with Gasteiger partial charge in [0.1, 0.15) is 0 Å². The molecule has 1 aromatic heterocycles. The number of carbonyl (C=O) groups is 1. The number of ether oxygens (including phenoxy) is 3. The van der Waals surface area contributed by atoms with Crippen molar-refractivity contribution in [2.45, 2.75) is 19.4 Å². The topological polar surface area (TPSA) is 94.6 Å². The van der Waals surface area contributed by atoms with Crippen LogP contribution in [0, 0.1) is 4.77 Å². The highest BCUT2D eigenvalue weighted by atomic mass is 32.1. The molecular formula is C23H27N3O5S. The summed E-state index contributed by atoms with van der Waals surface area (Å²) < 4.78 is 17.4. The van der Waals surface area contributed by atoms with Gasteiger partial charge in [-0.1, -0.05) is 6.07 Å². The summed E-state index contributed by atoms with van der Waals surface area (Å²) in [6.07, 6.45) is 1.31. The summed E-state index contributed by atoms with van der Waals surface area (Å²) in [5, 5.41) is 3.31. The van der Waals surface area contributed by atoms with Gasteiger partial charge in [-0.05, 0) is 61.0 Å². The van der Waals surface area contributed by atoms with E-state index in [2.05, 4.69) is 10.3 Å². The summed E-state index contributed by atoms with van der Waals surface area (Å²) in [7, 11) is 4.79. The van der Waals surface area contributed by atoms with Gasteiger partial charge in [0.05, 0.1) is 25.1 Å². The predicted molar refractivity (Wildman–Crippen MR) is 125 cm³/mol. The Bertz CT molecular complexity index is 1220. The van der Waals surface area contributed by atoms with Crippen molar-refractivity contribution in [1.82, 2.24) is 14.9 Å². The molecule has 3 aromatic rings. The molecule has 0 bridgehead atoms. The van der Waals surface area contributed by atoms with Crippen LogP contribution in [0.3, 0.4) is 0 Å². The number of rotatable bonds is 10. The van der Waals surface area contributed by atoms with Crippen molar-refractivity contribution in [3.8, 4) is 11.5 Å². The molecule has 0 atom stereocenters. The normalized spacial score (nSPS) is 10.8. The molecule has 32 heavy (non-hydrogen) atoms. The molecule has 2 N–H and O–H groups in total. The number of carbonyl (C=O) groups excluding carboxylic acids is 1. The first-order chi connectivity index (χ1) is 15.5. The highest BCUT2D eigenvalue weighted by Gasteiger charge is 2.11. The maximum atomic E-state index is 13.0. The molecule has 2 aromatic carbocycles. The molecular weight excluding hydrogens is 430 g/mol. The fraction of sp³-hybridized carbons (Fsp3) is 0.348. The average Bonchev–Trinajstić information content (AvgIpc) is 2.81. The molecule has 0 fully saturated rings. The summed E-state index contributed by atoms with van der Waals surface area (Å²) in [6.45, 7) is 1.49. The minimum absolute atomic E-state index is 0.198. The minimum Gasteiger partial charge on any atom is -0.493 e. The Balaban J connectivity index is 1.80. The molecule has 1 amide bonds. The van der Waals surface area contributed by atoms with Crippen molar-refractivity contribution in [3.63, 3.8) is 0 Å². The summed E-state index contributed by atoms with van der Waals surface area (Å²) in [5.74, 6) is 1.07. The van der Waals surface area contributed by atoms with E-state index >= 15 is 0 Å². The second-order valence-electron chi connectivity index (χ2n) is 7.19. The van der Waals surface area contributed by atoms with E-state index in [1.807, 2.05) is 18.2 Å². The zero-order valence-electron chi connectivity index (χ0n) is 18.4. The van der Waals surface area contributed by atoms with E-state index in [0.29, 0.717) is 58.9 Å². The molecule has 0 spiro atoms. The molecule has 0 aliphatic heterocycles. The molecule has 0 aliphatic rings. The van der Waals surface area contributed by atoms with Crippen molar-refractivity contribution >= 4 is 29.0 Å². The zero-order chi connectivity index (χ0) is 23.1. The Kier molecular flexibility index (Phi) is 8.02. The number of aryl methyl sites for hydroxylation is 1. The average molecular weight is 458 g/mol. The molecule has 0 saturated heterocycles. The summed E-state index contributed by atoms with van der Waals surface area (Å²) >= 11 is 5.43. The van der Waals surface area contributed by atoms with Gasteiger partial charge in [0.2, 0.25) is 0 Å². The molecule has 1 heterocycles. The lowest BCUT2D eigenvalue weighted by Gasteiger charge is -2.11. The largest absolute Gasteiger partial charge is 0.493 e. The monoisotopic (exact) mass is 457 g/mol.